The Balaban J connectivity index is 2.37. The molecule has 1 aromatic carbocycles. The zero-order valence-corrected chi connectivity index (χ0v) is 20.5. The van der Waals surface area contributed by atoms with Gasteiger partial charge in [-0.1, -0.05) is 41.7 Å². The molecule has 1 heterocycles. The highest BCUT2D eigenvalue weighted by molar-refractivity contribution is 7.48. The zero-order valence-electron chi connectivity index (χ0n) is 17.2. The topological polar surface area (TPSA) is 118 Å². The molecule has 0 fully saturated rings. The lowest BCUT2D eigenvalue weighted by atomic mass is 10.1. The summed E-state index contributed by atoms with van der Waals surface area (Å²) in [6.07, 6.45) is -3.99. The number of hydrogen-bond donors (Lipinski definition) is 0. The Morgan fingerprint density at radius 1 is 1.26 bits per heavy atom. The van der Waals surface area contributed by atoms with E-state index in [4.69, 9.17) is 44.1 Å². The van der Waals surface area contributed by atoms with E-state index in [0.717, 1.165) is 19.1 Å². The Morgan fingerprint density at radius 2 is 1.91 bits per heavy atom. The van der Waals surface area contributed by atoms with Crippen LogP contribution in [-0.2, 0) is 31.2 Å². The summed E-state index contributed by atoms with van der Waals surface area (Å²) in [7, 11) is -3.39. The molecule has 0 aliphatic heterocycles. The van der Waals surface area contributed by atoms with Gasteiger partial charge in [0, 0.05) is 23.9 Å². The predicted molar refractivity (Wildman–Crippen MR) is 118 cm³/mol. The van der Waals surface area contributed by atoms with Crippen molar-refractivity contribution in [3.05, 3.63) is 50.7 Å². The van der Waals surface area contributed by atoms with E-state index in [-0.39, 0.29) is 17.7 Å². The smallest absolute Gasteiger partial charge is 0.417 e. The van der Waals surface area contributed by atoms with Gasteiger partial charge >= 0.3 is 12.1 Å². The van der Waals surface area contributed by atoms with E-state index in [9.17, 15) is 32.6 Å². The van der Waals surface area contributed by atoms with E-state index in [1.807, 2.05) is 0 Å². The molecule has 0 saturated carbocycles. The van der Waals surface area contributed by atoms with Crippen LogP contribution >= 0.6 is 42.8 Å². The number of halogens is 6. The highest BCUT2D eigenvalue weighted by Gasteiger charge is 2.32. The van der Waals surface area contributed by atoms with Crippen molar-refractivity contribution in [2.24, 2.45) is 0 Å². The molecule has 2 aromatic rings. The number of nitro groups is 1. The maximum absolute atomic E-state index is 12.8. The van der Waals surface area contributed by atoms with Gasteiger partial charge in [0.1, 0.15) is 16.1 Å². The summed E-state index contributed by atoms with van der Waals surface area (Å²) in [6, 6.07) is 2.68. The molecule has 0 aliphatic carbocycles. The number of alkyl halides is 5. The second-order valence-corrected chi connectivity index (χ2v) is 10.1. The van der Waals surface area contributed by atoms with E-state index in [0.29, 0.717) is 12.3 Å². The van der Waals surface area contributed by atoms with Gasteiger partial charge in [-0.2, -0.15) is 13.2 Å². The molecule has 0 amide bonds. The molecular weight excluding hydrogens is 551 g/mol. The largest absolute Gasteiger partial charge is 0.437 e. The van der Waals surface area contributed by atoms with Crippen LogP contribution in [0.25, 0.3) is 0 Å². The average Bonchev–Trinajstić information content (AvgIpc) is 2.72. The van der Waals surface area contributed by atoms with Gasteiger partial charge in [-0.3, -0.25) is 19.2 Å². The average molecular weight is 566 g/mol. The first kappa shape index (κ1) is 28.1. The molecule has 1 aromatic heterocycles. The first-order chi connectivity index (χ1) is 15.6. The monoisotopic (exact) mass is 564 g/mol. The van der Waals surface area contributed by atoms with E-state index in [1.165, 1.54) is 0 Å². The molecule has 1 atom stereocenters. The Bertz CT molecular complexity index is 1130. The number of hydrogen-bond acceptors (Lipinski definition) is 8. The molecule has 0 spiro atoms. The van der Waals surface area contributed by atoms with Crippen LogP contribution in [0.2, 0.25) is 5.02 Å². The lowest BCUT2D eigenvalue weighted by Crippen LogP contribution is -2.25. The van der Waals surface area contributed by atoms with Gasteiger partial charge in [0.15, 0.2) is 6.79 Å². The number of rotatable bonds is 9. The fraction of sp³-hybridized carbons (Fsp3) is 0.333. The second-order valence-electron chi connectivity index (χ2n) is 6.57. The molecule has 0 bridgehead atoms. The number of esters is 1. The van der Waals surface area contributed by atoms with Gasteiger partial charge in [0.25, 0.3) is 5.69 Å². The highest BCUT2D eigenvalue weighted by Crippen LogP contribution is 2.38. The number of carbonyl (C=O) groups is 1. The minimum atomic E-state index is -4.69. The Labute approximate surface area is 206 Å². The summed E-state index contributed by atoms with van der Waals surface area (Å²) in [5.41, 5.74) is -1.44. The minimum Gasteiger partial charge on any atom is -0.437 e. The van der Waals surface area contributed by atoms with Gasteiger partial charge in [0.05, 0.1) is 10.5 Å². The van der Waals surface area contributed by atoms with E-state index >= 15 is 0 Å². The molecule has 0 saturated heterocycles. The lowest BCUT2D eigenvalue weighted by Gasteiger charge is -2.15. The van der Waals surface area contributed by atoms with Crippen molar-refractivity contribution in [1.82, 2.24) is 4.98 Å². The van der Waals surface area contributed by atoms with Gasteiger partial charge in [-0.05, 0) is 19.4 Å². The maximum atomic E-state index is 12.8. The third-order valence-corrected chi connectivity index (χ3v) is 5.86. The van der Waals surface area contributed by atoms with Crippen molar-refractivity contribution >= 4 is 59.8 Å². The SMILES string of the molecule is CCc1cc([N+](=O)[O-])c([PH](=O)OCOC(=O)C(C)(Cl)Cl)cc1Oc1ncc(C(F)(F)F)cc1Cl. The molecule has 2 rings (SSSR count). The van der Waals surface area contributed by atoms with E-state index in [2.05, 4.69) is 9.72 Å². The van der Waals surface area contributed by atoms with E-state index < -0.39 is 63.7 Å². The summed E-state index contributed by atoms with van der Waals surface area (Å²) in [5.74, 6) is -1.62. The van der Waals surface area contributed by atoms with Crippen molar-refractivity contribution < 1.29 is 41.5 Å². The third kappa shape index (κ3) is 7.19. The maximum Gasteiger partial charge on any atom is 0.417 e. The fourth-order valence-electron chi connectivity index (χ4n) is 2.40. The number of nitro benzene ring substituents is 1. The van der Waals surface area contributed by atoms with Crippen LogP contribution in [-0.4, -0.2) is 27.0 Å². The van der Waals surface area contributed by atoms with Gasteiger partial charge in [0.2, 0.25) is 18.2 Å². The Morgan fingerprint density at radius 3 is 2.41 bits per heavy atom. The fourth-order valence-corrected chi connectivity index (χ4v) is 3.66. The van der Waals surface area contributed by atoms with Crippen LogP contribution in [0.4, 0.5) is 18.9 Å². The highest BCUT2D eigenvalue weighted by atomic mass is 35.5. The normalized spacial score (nSPS) is 12.8. The first-order valence-corrected chi connectivity index (χ1v) is 11.5. The minimum absolute atomic E-state index is 0.106. The van der Waals surface area contributed by atoms with Gasteiger partial charge < -0.3 is 9.47 Å². The number of aromatic nitrogens is 1. The van der Waals surface area contributed by atoms with Crippen LogP contribution in [0.15, 0.2) is 24.4 Å². The summed E-state index contributed by atoms with van der Waals surface area (Å²) >= 11 is 16.9. The number of benzene rings is 1. The number of pyridine rings is 1. The van der Waals surface area contributed by atoms with Crippen molar-refractivity contribution in [3.63, 3.8) is 0 Å². The molecule has 186 valence electrons. The number of carbonyl (C=O) groups excluding carboxylic acids is 1. The Kier molecular flexibility index (Phi) is 9.17. The van der Waals surface area contributed by atoms with Crippen molar-refractivity contribution in [2.45, 2.75) is 30.8 Å². The predicted octanol–water partition coefficient (Wildman–Crippen LogP) is 5.83. The zero-order chi connectivity index (χ0) is 25.8. The number of nitrogens with zero attached hydrogens (tertiary/aromatic N) is 2. The third-order valence-electron chi connectivity index (χ3n) is 4.06. The van der Waals surface area contributed by atoms with E-state index in [1.54, 1.807) is 6.92 Å². The molecule has 16 heteroatoms. The first-order valence-electron chi connectivity index (χ1n) is 9.09. The van der Waals surface area contributed by atoms with Gasteiger partial charge in [-0.25, -0.2) is 9.78 Å². The quantitative estimate of drug-likeness (QED) is 0.0931. The van der Waals surface area contributed by atoms with Crippen LogP contribution < -0.4 is 10.0 Å². The molecule has 0 N–H and O–H groups in total. The number of aryl methyl sites for hydroxylation is 1. The molecule has 0 radical (unpaired) electrons. The van der Waals surface area contributed by atoms with Crippen molar-refractivity contribution in [1.29, 1.82) is 0 Å². The summed E-state index contributed by atoms with van der Waals surface area (Å²) < 4.78 is 64.2. The molecular formula is C18H15Cl3F3N2O7P. The summed E-state index contributed by atoms with van der Waals surface area (Å²) in [4.78, 5) is 25.8. The standard InChI is InChI=1S/C18H15Cl3F3N2O7P/c1-3-9-4-12(26(28)29)14(34(30)32-8-31-16(27)17(2,20)21)6-13(9)33-15-11(19)5-10(7-25-15)18(22,23)24/h4-7,34H,3,8H2,1-2H3. The Hall–Kier alpha value is -2.11. The lowest BCUT2D eigenvalue weighted by molar-refractivity contribution is -0.383. The van der Waals surface area contributed by atoms with Crippen LogP contribution in [0.3, 0.4) is 0 Å². The molecule has 1 unspecified atom stereocenters. The van der Waals surface area contributed by atoms with Crippen molar-refractivity contribution in [2.75, 3.05) is 6.79 Å². The van der Waals surface area contributed by atoms with Gasteiger partial charge in [-0.15, -0.1) is 0 Å². The van der Waals surface area contributed by atoms with Crippen LogP contribution in [0, 0.1) is 10.1 Å². The number of ether oxygens (including phenoxy) is 2. The van der Waals surface area contributed by atoms with Crippen LogP contribution in [0.1, 0.15) is 25.0 Å². The summed E-state index contributed by atoms with van der Waals surface area (Å²) in [5, 5.41) is 10.6. The second kappa shape index (κ2) is 11.1. The molecule has 9 nitrogen and oxygen atoms in total. The molecule has 0 aliphatic rings. The van der Waals surface area contributed by atoms with Crippen LogP contribution in [0.5, 0.6) is 11.6 Å². The summed E-state index contributed by atoms with van der Waals surface area (Å²) in [6.45, 7) is 1.88. The van der Waals surface area contributed by atoms with Crippen molar-refractivity contribution in [3.8, 4) is 11.6 Å². The molecule has 34 heavy (non-hydrogen) atoms.